The Morgan fingerprint density at radius 3 is 3.00 bits per heavy atom. The number of hydrogen-bond donors (Lipinski definition) is 2. The lowest BCUT2D eigenvalue weighted by molar-refractivity contribution is -0.143. The summed E-state index contributed by atoms with van der Waals surface area (Å²) < 4.78 is 0. The Labute approximate surface area is 117 Å². The molecule has 6 nitrogen and oxygen atoms in total. The van der Waals surface area contributed by atoms with Crippen LogP contribution in [0, 0.1) is 5.92 Å². The zero-order chi connectivity index (χ0) is 14.5. The lowest BCUT2D eigenvalue weighted by atomic mass is 9.99. The zero-order valence-corrected chi connectivity index (χ0v) is 11.5. The summed E-state index contributed by atoms with van der Waals surface area (Å²) in [6.45, 7) is 2.77. The van der Waals surface area contributed by atoms with Crippen LogP contribution in [0.1, 0.15) is 31.4 Å². The molecule has 0 spiro atoms. The quantitative estimate of drug-likeness (QED) is 0.880. The first-order chi connectivity index (χ1) is 9.58. The number of carbonyl (C=O) groups excluding carboxylic acids is 1. The topological polar surface area (TPSA) is 82.5 Å². The molecule has 0 aromatic carbocycles. The Morgan fingerprint density at radius 1 is 1.55 bits per heavy atom. The lowest BCUT2D eigenvalue weighted by Crippen LogP contribution is -2.47. The van der Waals surface area contributed by atoms with E-state index in [-0.39, 0.29) is 18.6 Å². The molecule has 1 fully saturated rings. The average Bonchev–Trinajstić information content (AvgIpc) is 2.48. The normalized spacial score (nSPS) is 20.2. The van der Waals surface area contributed by atoms with E-state index in [1.165, 1.54) is 0 Å². The monoisotopic (exact) mass is 277 g/mol. The largest absolute Gasteiger partial charge is 0.481 e. The summed E-state index contributed by atoms with van der Waals surface area (Å²) >= 11 is 0. The molecule has 2 amide bonds. The molecule has 2 atom stereocenters. The van der Waals surface area contributed by atoms with Crippen LogP contribution in [0.5, 0.6) is 0 Å². The molecule has 1 aromatic heterocycles. The Hall–Kier alpha value is -2.11. The molecule has 2 heterocycles. The molecular formula is C14H19N3O3. The number of aromatic nitrogens is 1. The number of carbonyl (C=O) groups is 2. The van der Waals surface area contributed by atoms with Gasteiger partial charge in [0, 0.05) is 25.5 Å². The number of carboxylic acids is 1. The number of carboxylic acid groups (broad SMARTS) is 1. The molecular weight excluding hydrogens is 258 g/mol. The third-order valence-corrected chi connectivity index (χ3v) is 3.58. The smallest absolute Gasteiger partial charge is 0.317 e. The van der Waals surface area contributed by atoms with Gasteiger partial charge in [-0.15, -0.1) is 0 Å². The van der Waals surface area contributed by atoms with Gasteiger partial charge in [0.1, 0.15) is 0 Å². The fraction of sp³-hybridized carbons (Fsp3) is 0.500. The van der Waals surface area contributed by atoms with Crippen LogP contribution in [0.4, 0.5) is 4.79 Å². The first-order valence-electron chi connectivity index (χ1n) is 6.76. The van der Waals surface area contributed by atoms with Gasteiger partial charge in [-0.25, -0.2) is 4.79 Å². The van der Waals surface area contributed by atoms with Crippen molar-refractivity contribution in [3.63, 3.8) is 0 Å². The molecule has 2 N–H and O–H groups in total. The number of hydrogen-bond acceptors (Lipinski definition) is 3. The number of piperidine rings is 1. The summed E-state index contributed by atoms with van der Waals surface area (Å²) in [5.41, 5.74) is 0.924. The molecule has 2 rings (SSSR count). The minimum absolute atomic E-state index is 0.151. The Morgan fingerprint density at radius 2 is 2.35 bits per heavy atom. The number of nitrogens with zero attached hydrogens (tertiary/aromatic N) is 2. The summed E-state index contributed by atoms with van der Waals surface area (Å²) in [7, 11) is 0. The second-order valence-electron chi connectivity index (χ2n) is 5.08. The fourth-order valence-corrected chi connectivity index (χ4v) is 2.36. The summed E-state index contributed by atoms with van der Waals surface area (Å²) in [4.78, 5) is 28.7. The van der Waals surface area contributed by atoms with Crippen LogP contribution in [0.25, 0.3) is 0 Å². The van der Waals surface area contributed by atoms with Crippen LogP contribution in [0.15, 0.2) is 24.5 Å². The second-order valence-corrected chi connectivity index (χ2v) is 5.08. The first kappa shape index (κ1) is 14.3. The van der Waals surface area contributed by atoms with E-state index in [9.17, 15) is 9.59 Å². The Kier molecular flexibility index (Phi) is 4.55. The van der Waals surface area contributed by atoms with Crippen molar-refractivity contribution < 1.29 is 14.7 Å². The van der Waals surface area contributed by atoms with Gasteiger partial charge in [0.25, 0.3) is 0 Å². The number of pyridine rings is 1. The van der Waals surface area contributed by atoms with Gasteiger partial charge in [-0.1, -0.05) is 6.07 Å². The summed E-state index contributed by atoms with van der Waals surface area (Å²) in [6.07, 6.45) is 4.75. The first-order valence-corrected chi connectivity index (χ1v) is 6.76. The molecule has 0 bridgehead atoms. The van der Waals surface area contributed by atoms with Crippen molar-refractivity contribution in [3.8, 4) is 0 Å². The molecule has 1 aliphatic heterocycles. The van der Waals surface area contributed by atoms with Gasteiger partial charge in [0.05, 0.1) is 12.0 Å². The third-order valence-electron chi connectivity index (χ3n) is 3.58. The molecule has 20 heavy (non-hydrogen) atoms. The van der Waals surface area contributed by atoms with Crippen LogP contribution in [0.2, 0.25) is 0 Å². The maximum Gasteiger partial charge on any atom is 0.317 e. The number of rotatable bonds is 3. The van der Waals surface area contributed by atoms with Gasteiger partial charge >= 0.3 is 12.0 Å². The van der Waals surface area contributed by atoms with E-state index in [1.807, 2.05) is 19.1 Å². The van der Waals surface area contributed by atoms with Crippen molar-refractivity contribution in [2.24, 2.45) is 5.92 Å². The van der Waals surface area contributed by atoms with E-state index < -0.39 is 11.9 Å². The van der Waals surface area contributed by atoms with Gasteiger partial charge in [0.2, 0.25) is 0 Å². The summed E-state index contributed by atoms with van der Waals surface area (Å²) in [5.74, 6) is -1.29. The standard InChI is InChI=1S/C14H19N3O3/c1-10(11-4-2-6-15-8-11)16-14(20)17-7-3-5-12(9-17)13(18)19/h2,4,6,8,10,12H,3,5,7,9H2,1H3,(H,16,20)(H,18,19)/t10?,12-/m1/s1. The van der Waals surface area contributed by atoms with Crippen molar-refractivity contribution in [1.29, 1.82) is 0 Å². The maximum atomic E-state index is 12.2. The zero-order valence-electron chi connectivity index (χ0n) is 11.5. The summed E-state index contributed by atoms with van der Waals surface area (Å²) in [5, 5.41) is 11.9. The Balaban J connectivity index is 1.93. The van der Waals surface area contributed by atoms with E-state index >= 15 is 0 Å². The second kappa shape index (κ2) is 6.36. The van der Waals surface area contributed by atoms with E-state index in [2.05, 4.69) is 10.3 Å². The summed E-state index contributed by atoms with van der Waals surface area (Å²) in [6, 6.07) is 3.35. The van der Waals surface area contributed by atoms with Crippen LogP contribution < -0.4 is 5.32 Å². The number of aliphatic carboxylic acids is 1. The van der Waals surface area contributed by atoms with Gasteiger partial charge < -0.3 is 15.3 Å². The van der Waals surface area contributed by atoms with Crippen LogP contribution in [-0.2, 0) is 4.79 Å². The molecule has 1 saturated heterocycles. The van der Waals surface area contributed by atoms with Crippen LogP contribution in [-0.4, -0.2) is 40.1 Å². The molecule has 0 saturated carbocycles. The van der Waals surface area contributed by atoms with Gasteiger partial charge in [-0.2, -0.15) is 0 Å². The highest BCUT2D eigenvalue weighted by Crippen LogP contribution is 2.18. The molecule has 0 aliphatic carbocycles. The number of likely N-dealkylation sites (tertiary alicyclic amines) is 1. The number of nitrogens with one attached hydrogen (secondary N) is 1. The van der Waals surface area contributed by atoms with E-state index in [0.717, 1.165) is 12.0 Å². The van der Waals surface area contributed by atoms with Crippen LogP contribution in [0.3, 0.4) is 0 Å². The minimum atomic E-state index is -0.831. The lowest BCUT2D eigenvalue weighted by Gasteiger charge is -2.31. The van der Waals surface area contributed by atoms with Crippen molar-refractivity contribution in [2.45, 2.75) is 25.8 Å². The van der Waals surface area contributed by atoms with Crippen LogP contribution >= 0.6 is 0 Å². The third kappa shape index (κ3) is 3.46. The van der Waals surface area contributed by atoms with Gasteiger partial charge in [-0.3, -0.25) is 9.78 Å². The van der Waals surface area contributed by atoms with Crippen molar-refractivity contribution in [1.82, 2.24) is 15.2 Å². The van der Waals surface area contributed by atoms with E-state index in [1.54, 1.807) is 17.3 Å². The van der Waals surface area contributed by atoms with Gasteiger partial charge in [0.15, 0.2) is 0 Å². The Bertz CT molecular complexity index is 478. The van der Waals surface area contributed by atoms with Crippen molar-refractivity contribution >= 4 is 12.0 Å². The molecule has 6 heteroatoms. The molecule has 1 unspecified atom stereocenters. The highest BCUT2D eigenvalue weighted by atomic mass is 16.4. The fourth-order valence-electron chi connectivity index (χ4n) is 2.36. The van der Waals surface area contributed by atoms with E-state index in [0.29, 0.717) is 13.0 Å². The molecule has 1 aliphatic rings. The maximum absolute atomic E-state index is 12.2. The SMILES string of the molecule is CC(NC(=O)N1CCC[C@@H](C(=O)O)C1)c1cccnc1. The van der Waals surface area contributed by atoms with Crippen molar-refractivity contribution in [3.05, 3.63) is 30.1 Å². The van der Waals surface area contributed by atoms with Gasteiger partial charge in [-0.05, 0) is 31.4 Å². The predicted molar refractivity (Wildman–Crippen MR) is 73.1 cm³/mol. The minimum Gasteiger partial charge on any atom is -0.481 e. The highest BCUT2D eigenvalue weighted by molar-refractivity contribution is 5.76. The predicted octanol–water partition coefficient (Wildman–Crippen LogP) is 1.65. The molecule has 108 valence electrons. The van der Waals surface area contributed by atoms with Crippen molar-refractivity contribution in [2.75, 3.05) is 13.1 Å². The molecule has 1 aromatic rings. The number of amides is 2. The highest BCUT2D eigenvalue weighted by Gasteiger charge is 2.28. The van der Waals surface area contributed by atoms with E-state index in [4.69, 9.17) is 5.11 Å². The molecule has 0 radical (unpaired) electrons. The average molecular weight is 277 g/mol. The number of urea groups is 1.